The zero-order valence-corrected chi connectivity index (χ0v) is 19.4. The standard InChI is InChI=1S/C25H25ClN2O5/c1-4-32-23-13-18(12-20(26)24(23)31-3)15-27-28-25(29)19-10-11-21(22(14-19)30-2)33-16-17-8-6-5-7-9-17/h5-15H,4,16H2,1-3H3,(H,28,29)/b27-15+. The number of hydrogen-bond donors (Lipinski definition) is 1. The van der Waals surface area contributed by atoms with Crippen molar-refractivity contribution >= 4 is 23.7 Å². The molecule has 0 heterocycles. The predicted octanol–water partition coefficient (Wildman–Crippen LogP) is 5.10. The molecule has 0 spiro atoms. The molecule has 0 saturated carbocycles. The summed E-state index contributed by atoms with van der Waals surface area (Å²) in [5.41, 5.74) is 4.54. The molecule has 0 saturated heterocycles. The SMILES string of the molecule is CCOc1cc(/C=N/NC(=O)c2ccc(OCc3ccccc3)c(OC)c2)cc(Cl)c1OC. The van der Waals surface area contributed by atoms with Gasteiger partial charge in [-0.2, -0.15) is 5.10 Å². The van der Waals surface area contributed by atoms with Crippen molar-refractivity contribution in [1.29, 1.82) is 0 Å². The quantitative estimate of drug-likeness (QED) is 0.331. The number of methoxy groups -OCH3 is 2. The van der Waals surface area contributed by atoms with Gasteiger partial charge >= 0.3 is 0 Å². The Balaban J connectivity index is 1.67. The van der Waals surface area contributed by atoms with Crippen LogP contribution in [0, 0.1) is 0 Å². The minimum Gasteiger partial charge on any atom is -0.493 e. The fourth-order valence-electron chi connectivity index (χ4n) is 3.02. The van der Waals surface area contributed by atoms with Gasteiger partial charge in [-0.05, 0) is 48.4 Å². The molecule has 1 N–H and O–H groups in total. The van der Waals surface area contributed by atoms with Crippen LogP contribution in [0.2, 0.25) is 5.02 Å². The zero-order chi connectivity index (χ0) is 23.6. The number of hydrazone groups is 1. The maximum absolute atomic E-state index is 12.5. The third-order valence-corrected chi connectivity index (χ3v) is 4.86. The molecule has 0 aliphatic rings. The summed E-state index contributed by atoms with van der Waals surface area (Å²) in [7, 11) is 3.04. The molecule has 0 fully saturated rings. The Kier molecular flexibility index (Phi) is 8.55. The Bertz CT molecular complexity index is 1120. The monoisotopic (exact) mass is 468 g/mol. The molecule has 0 bridgehead atoms. The summed E-state index contributed by atoms with van der Waals surface area (Å²) >= 11 is 6.24. The van der Waals surface area contributed by atoms with E-state index in [0.717, 1.165) is 5.56 Å². The summed E-state index contributed by atoms with van der Waals surface area (Å²) in [5, 5.41) is 4.40. The highest BCUT2D eigenvalue weighted by Crippen LogP contribution is 2.36. The lowest BCUT2D eigenvalue weighted by Crippen LogP contribution is -2.17. The zero-order valence-electron chi connectivity index (χ0n) is 18.6. The van der Waals surface area contributed by atoms with Gasteiger partial charge in [0.1, 0.15) is 6.61 Å². The molecule has 3 aromatic carbocycles. The second-order valence-corrected chi connectivity index (χ2v) is 7.21. The summed E-state index contributed by atoms with van der Waals surface area (Å²) in [6, 6.07) is 18.1. The van der Waals surface area contributed by atoms with E-state index < -0.39 is 5.91 Å². The van der Waals surface area contributed by atoms with Gasteiger partial charge < -0.3 is 18.9 Å². The molecule has 1 amide bonds. The number of rotatable bonds is 10. The molecule has 8 heteroatoms. The van der Waals surface area contributed by atoms with Gasteiger partial charge in [-0.3, -0.25) is 4.79 Å². The maximum Gasteiger partial charge on any atom is 0.271 e. The molecule has 0 unspecified atom stereocenters. The number of amides is 1. The minimum absolute atomic E-state index is 0.374. The van der Waals surface area contributed by atoms with Crippen LogP contribution in [0.15, 0.2) is 65.8 Å². The molecular weight excluding hydrogens is 444 g/mol. The average Bonchev–Trinajstić information content (AvgIpc) is 2.83. The topological polar surface area (TPSA) is 78.4 Å². The van der Waals surface area contributed by atoms with Crippen molar-refractivity contribution in [3.05, 3.63) is 82.4 Å². The van der Waals surface area contributed by atoms with Crippen LogP contribution in [-0.2, 0) is 6.61 Å². The van der Waals surface area contributed by atoms with Crippen molar-refractivity contribution in [3.8, 4) is 23.0 Å². The molecule has 172 valence electrons. The fraction of sp³-hybridized carbons (Fsp3) is 0.200. The van der Waals surface area contributed by atoms with Gasteiger partial charge in [0.2, 0.25) is 0 Å². The number of nitrogens with zero attached hydrogens (tertiary/aromatic N) is 1. The second kappa shape index (κ2) is 11.8. The molecule has 7 nitrogen and oxygen atoms in total. The Morgan fingerprint density at radius 2 is 1.76 bits per heavy atom. The third-order valence-electron chi connectivity index (χ3n) is 4.58. The van der Waals surface area contributed by atoms with E-state index in [1.165, 1.54) is 20.4 Å². The first kappa shape index (κ1) is 23.9. The molecule has 0 aliphatic heterocycles. The van der Waals surface area contributed by atoms with E-state index in [9.17, 15) is 4.79 Å². The predicted molar refractivity (Wildman–Crippen MR) is 128 cm³/mol. The number of hydrogen-bond acceptors (Lipinski definition) is 6. The molecule has 3 rings (SSSR count). The van der Waals surface area contributed by atoms with Crippen molar-refractivity contribution in [2.75, 3.05) is 20.8 Å². The van der Waals surface area contributed by atoms with Crippen molar-refractivity contribution in [3.63, 3.8) is 0 Å². The third kappa shape index (κ3) is 6.40. The van der Waals surface area contributed by atoms with Gasteiger partial charge in [-0.15, -0.1) is 0 Å². The van der Waals surface area contributed by atoms with Crippen LogP contribution < -0.4 is 24.4 Å². The highest BCUT2D eigenvalue weighted by atomic mass is 35.5. The Labute approximate surface area is 197 Å². The van der Waals surface area contributed by atoms with Crippen LogP contribution >= 0.6 is 11.6 Å². The average molecular weight is 469 g/mol. The summed E-state index contributed by atoms with van der Waals surface area (Å²) in [5.74, 6) is 1.53. The second-order valence-electron chi connectivity index (χ2n) is 6.81. The van der Waals surface area contributed by atoms with E-state index in [1.807, 2.05) is 37.3 Å². The molecule has 3 aromatic rings. The summed E-state index contributed by atoms with van der Waals surface area (Å²) in [6.45, 7) is 2.71. The van der Waals surface area contributed by atoms with E-state index in [2.05, 4.69) is 10.5 Å². The van der Waals surface area contributed by atoms with Crippen LogP contribution in [-0.4, -0.2) is 32.9 Å². The van der Waals surface area contributed by atoms with Crippen LogP contribution in [0.1, 0.15) is 28.4 Å². The number of halogens is 1. The fourth-order valence-corrected chi connectivity index (χ4v) is 3.31. The lowest BCUT2D eigenvalue weighted by atomic mass is 10.2. The molecule has 0 aromatic heterocycles. The van der Waals surface area contributed by atoms with Crippen molar-refractivity contribution in [2.45, 2.75) is 13.5 Å². The van der Waals surface area contributed by atoms with Crippen LogP contribution in [0.5, 0.6) is 23.0 Å². The maximum atomic E-state index is 12.5. The van der Waals surface area contributed by atoms with Gasteiger partial charge in [0.25, 0.3) is 5.91 Å². The highest BCUT2D eigenvalue weighted by Gasteiger charge is 2.12. The van der Waals surface area contributed by atoms with Gasteiger partial charge in [0.05, 0.1) is 32.1 Å². The van der Waals surface area contributed by atoms with E-state index in [-0.39, 0.29) is 0 Å². The summed E-state index contributed by atoms with van der Waals surface area (Å²) in [6.07, 6.45) is 1.47. The minimum atomic E-state index is -0.399. The van der Waals surface area contributed by atoms with Crippen molar-refractivity contribution < 1.29 is 23.7 Å². The summed E-state index contributed by atoms with van der Waals surface area (Å²) < 4.78 is 22.0. The van der Waals surface area contributed by atoms with Crippen LogP contribution in [0.3, 0.4) is 0 Å². The van der Waals surface area contributed by atoms with E-state index in [1.54, 1.807) is 30.3 Å². The number of benzene rings is 3. The lowest BCUT2D eigenvalue weighted by Gasteiger charge is -2.12. The Hall–Kier alpha value is -3.71. The van der Waals surface area contributed by atoms with E-state index >= 15 is 0 Å². The molecule has 0 atom stereocenters. The first-order valence-electron chi connectivity index (χ1n) is 10.2. The Morgan fingerprint density at radius 3 is 2.45 bits per heavy atom. The van der Waals surface area contributed by atoms with E-state index in [4.69, 9.17) is 30.5 Å². The van der Waals surface area contributed by atoms with Crippen LogP contribution in [0.4, 0.5) is 0 Å². The lowest BCUT2D eigenvalue weighted by molar-refractivity contribution is 0.0954. The first-order chi connectivity index (χ1) is 16.0. The Morgan fingerprint density at radius 1 is 0.970 bits per heavy atom. The van der Waals surface area contributed by atoms with E-state index in [0.29, 0.717) is 52.4 Å². The molecule has 33 heavy (non-hydrogen) atoms. The molecular formula is C25H25ClN2O5. The summed E-state index contributed by atoms with van der Waals surface area (Å²) in [4.78, 5) is 12.5. The number of nitrogens with one attached hydrogen (secondary N) is 1. The van der Waals surface area contributed by atoms with Crippen LogP contribution in [0.25, 0.3) is 0 Å². The van der Waals surface area contributed by atoms with Crippen molar-refractivity contribution in [2.24, 2.45) is 5.10 Å². The number of ether oxygens (including phenoxy) is 4. The van der Waals surface area contributed by atoms with Gasteiger partial charge in [0.15, 0.2) is 23.0 Å². The first-order valence-corrected chi connectivity index (χ1v) is 10.6. The van der Waals surface area contributed by atoms with Gasteiger partial charge in [-0.25, -0.2) is 5.43 Å². The van der Waals surface area contributed by atoms with Crippen molar-refractivity contribution in [1.82, 2.24) is 5.43 Å². The normalized spacial score (nSPS) is 10.7. The highest BCUT2D eigenvalue weighted by molar-refractivity contribution is 6.32. The number of carbonyl (C=O) groups excluding carboxylic acids is 1. The van der Waals surface area contributed by atoms with Gasteiger partial charge in [-0.1, -0.05) is 41.9 Å². The van der Waals surface area contributed by atoms with Gasteiger partial charge in [0, 0.05) is 5.56 Å². The number of carbonyl (C=O) groups is 1. The largest absolute Gasteiger partial charge is 0.493 e. The molecule has 0 radical (unpaired) electrons. The smallest absolute Gasteiger partial charge is 0.271 e. The molecule has 0 aliphatic carbocycles.